The van der Waals surface area contributed by atoms with E-state index in [0.717, 1.165) is 45.6 Å². The van der Waals surface area contributed by atoms with Crippen LogP contribution >= 0.6 is 0 Å². The van der Waals surface area contributed by atoms with E-state index in [9.17, 15) is 4.79 Å². The molecule has 2 rings (SSSR count). The number of nitrogens with two attached hydrogens (primary N) is 1. The first-order valence-corrected chi connectivity index (χ1v) is 5.69. The van der Waals surface area contributed by atoms with E-state index in [1.54, 1.807) is 0 Å². The summed E-state index contributed by atoms with van der Waals surface area (Å²) in [6, 6.07) is -0.279. The van der Waals surface area contributed by atoms with E-state index < -0.39 is 0 Å². The summed E-state index contributed by atoms with van der Waals surface area (Å²) in [5.74, 6) is 0.103. The summed E-state index contributed by atoms with van der Waals surface area (Å²) in [4.78, 5) is 14.1. The van der Waals surface area contributed by atoms with Gasteiger partial charge in [0.25, 0.3) is 5.91 Å². The van der Waals surface area contributed by atoms with Gasteiger partial charge in [0.05, 0.1) is 6.04 Å². The van der Waals surface area contributed by atoms with Gasteiger partial charge in [0, 0.05) is 32.7 Å². The van der Waals surface area contributed by atoms with Crippen molar-refractivity contribution in [3.63, 3.8) is 0 Å². The summed E-state index contributed by atoms with van der Waals surface area (Å²) in [5, 5.41) is 4.02. The van der Waals surface area contributed by atoms with E-state index in [1.165, 1.54) is 0 Å². The first-order chi connectivity index (χ1) is 7.18. The Hall–Kier alpha value is -0.650. The van der Waals surface area contributed by atoms with Crippen molar-refractivity contribution in [3.8, 4) is 0 Å². The van der Waals surface area contributed by atoms with Crippen molar-refractivity contribution in [1.82, 2.24) is 14.9 Å². The van der Waals surface area contributed by atoms with Gasteiger partial charge in [0.1, 0.15) is 0 Å². The zero-order valence-corrected chi connectivity index (χ0v) is 9.35. The number of hydrazine groups is 1. The van der Waals surface area contributed by atoms with E-state index in [4.69, 9.17) is 5.73 Å². The smallest absolute Gasteiger partial charge is 0.253 e. The number of carbonyl (C=O) groups excluding carboxylic acids is 1. The molecule has 0 saturated carbocycles. The van der Waals surface area contributed by atoms with Gasteiger partial charge in [0.15, 0.2) is 0 Å². The van der Waals surface area contributed by atoms with Crippen LogP contribution in [0.1, 0.15) is 12.8 Å². The molecule has 0 aromatic rings. The van der Waals surface area contributed by atoms with Crippen molar-refractivity contribution in [2.24, 2.45) is 5.73 Å². The predicted molar refractivity (Wildman–Crippen MR) is 58.0 cm³/mol. The van der Waals surface area contributed by atoms with Crippen LogP contribution in [0.3, 0.4) is 0 Å². The lowest BCUT2D eigenvalue weighted by molar-refractivity contribution is -0.157. The molecule has 0 aromatic heterocycles. The predicted octanol–water partition coefficient (Wildman–Crippen LogP) is -0.901. The number of piperazine rings is 1. The SMILES string of the molecule is CN1CCN(N2CCCC(N)C2=O)CC1. The fourth-order valence-corrected chi connectivity index (χ4v) is 2.20. The minimum absolute atomic E-state index is 0.103. The summed E-state index contributed by atoms with van der Waals surface area (Å²) in [6.45, 7) is 4.78. The van der Waals surface area contributed by atoms with Gasteiger partial charge in [-0.2, -0.15) is 0 Å². The van der Waals surface area contributed by atoms with Crippen LogP contribution < -0.4 is 5.73 Å². The Morgan fingerprint density at radius 3 is 2.53 bits per heavy atom. The molecule has 0 bridgehead atoms. The number of amides is 1. The van der Waals surface area contributed by atoms with Crippen LogP contribution in [0.25, 0.3) is 0 Å². The molecule has 2 saturated heterocycles. The molecule has 0 spiro atoms. The number of hydrogen-bond donors (Lipinski definition) is 1. The Morgan fingerprint density at radius 1 is 1.20 bits per heavy atom. The van der Waals surface area contributed by atoms with Gasteiger partial charge in [0.2, 0.25) is 0 Å². The van der Waals surface area contributed by atoms with Crippen molar-refractivity contribution in [2.45, 2.75) is 18.9 Å². The molecule has 1 unspecified atom stereocenters. The van der Waals surface area contributed by atoms with E-state index in [-0.39, 0.29) is 11.9 Å². The average Bonchev–Trinajstić information content (AvgIpc) is 2.24. The van der Waals surface area contributed by atoms with Gasteiger partial charge in [-0.1, -0.05) is 0 Å². The fourth-order valence-electron chi connectivity index (χ4n) is 2.20. The molecule has 1 atom stereocenters. The summed E-state index contributed by atoms with van der Waals surface area (Å²) in [5.41, 5.74) is 5.77. The zero-order valence-electron chi connectivity index (χ0n) is 9.35. The molecule has 15 heavy (non-hydrogen) atoms. The van der Waals surface area contributed by atoms with Crippen molar-refractivity contribution < 1.29 is 4.79 Å². The molecular formula is C10H20N4O. The van der Waals surface area contributed by atoms with Crippen molar-refractivity contribution in [2.75, 3.05) is 39.8 Å². The van der Waals surface area contributed by atoms with Gasteiger partial charge in [-0.15, -0.1) is 0 Å². The topological polar surface area (TPSA) is 52.8 Å². The zero-order chi connectivity index (χ0) is 10.8. The van der Waals surface area contributed by atoms with E-state index in [1.807, 2.05) is 5.01 Å². The second-order valence-electron chi connectivity index (χ2n) is 4.47. The third-order valence-corrected chi connectivity index (χ3v) is 3.28. The molecule has 5 heteroatoms. The van der Waals surface area contributed by atoms with Gasteiger partial charge < -0.3 is 10.6 Å². The number of nitrogens with zero attached hydrogens (tertiary/aromatic N) is 3. The Morgan fingerprint density at radius 2 is 1.87 bits per heavy atom. The second-order valence-corrected chi connectivity index (χ2v) is 4.47. The van der Waals surface area contributed by atoms with Crippen LogP contribution in [0.5, 0.6) is 0 Å². The Balaban J connectivity index is 1.94. The monoisotopic (exact) mass is 212 g/mol. The van der Waals surface area contributed by atoms with Gasteiger partial charge >= 0.3 is 0 Å². The third-order valence-electron chi connectivity index (χ3n) is 3.28. The standard InChI is InChI=1S/C10H20N4O/c1-12-5-7-13(8-6-12)14-4-2-3-9(11)10(14)15/h9H,2-8,11H2,1H3. The second kappa shape index (κ2) is 4.47. The molecule has 2 aliphatic heterocycles. The van der Waals surface area contributed by atoms with Crippen molar-refractivity contribution >= 4 is 5.91 Å². The Labute approximate surface area is 90.8 Å². The van der Waals surface area contributed by atoms with Gasteiger partial charge in [-0.25, -0.2) is 5.01 Å². The minimum Gasteiger partial charge on any atom is -0.320 e. The maximum absolute atomic E-state index is 11.9. The summed E-state index contributed by atoms with van der Waals surface area (Å²) >= 11 is 0. The molecule has 86 valence electrons. The molecule has 2 heterocycles. The number of likely N-dealkylation sites (N-methyl/N-ethyl adjacent to an activating group) is 1. The molecular weight excluding hydrogens is 192 g/mol. The van der Waals surface area contributed by atoms with Crippen LogP contribution in [0.4, 0.5) is 0 Å². The van der Waals surface area contributed by atoms with Crippen LogP contribution in [-0.2, 0) is 4.79 Å². The van der Waals surface area contributed by atoms with Crippen LogP contribution in [0.2, 0.25) is 0 Å². The summed E-state index contributed by atoms with van der Waals surface area (Å²) in [6.07, 6.45) is 1.86. The molecule has 2 N–H and O–H groups in total. The molecule has 2 fully saturated rings. The first kappa shape index (κ1) is 10.9. The van der Waals surface area contributed by atoms with Crippen LogP contribution in [0.15, 0.2) is 0 Å². The molecule has 1 amide bonds. The van der Waals surface area contributed by atoms with Gasteiger partial charge in [-0.3, -0.25) is 9.80 Å². The van der Waals surface area contributed by atoms with E-state index in [2.05, 4.69) is 17.0 Å². The molecule has 0 aromatic carbocycles. The normalized spacial score (nSPS) is 30.9. The molecule has 5 nitrogen and oxygen atoms in total. The molecule has 0 radical (unpaired) electrons. The van der Waals surface area contributed by atoms with Crippen LogP contribution in [0, 0.1) is 0 Å². The number of carbonyl (C=O) groups is 1. The summed E-state index contributed by atoms with van der Waals surface area (Å²) in [7, 11) is 2.11. The maximum atomic E-state index is 11.9. The lowest BCUT2D eigenvalue weighted by atomic mass is 10.1. The number of hydrogen-bond acceptors (Lipinski definition) is 4. The average molecular weight is 212 g/mol. The minimum atomic E-state index is -0.279. The lowest BCUT2D eigenvalue weighted by Gasteiger charge is -2.42. The van der Waals surface area contributed by atoms with Crippen molar-refractivity contribution in [1.29, 1.82) is 0 Å². The highest BCUT2D eigenvalue weighted by atomic mass is 16.2. The first-order valence-electron chi connectivity index (χ1n) is 5.69. The largest absolute Gasteiger partial charge is 0.320 e. The maximum Gasteiger partial charge on any atom is 0.253 e. The molecule has 2 aliphatic rings. The highest BCUT2D eigenvalue weighted by Crippen LogP contribution is 2.14. The Kier molecular flexibility index (Phi) is 3.23. The highest BCUT2D eigenvalue weighted by molar-refractivity contribution is 5.81. The lowest BCUT2D eigenvalue weighted by Crippen LogP contribution is -2.60. The van der Waals surface area contributed by atoms with Crippen LogP contribution in [-0.4, -0.2) is 66.6 Å². The number of piperidine rings is 1. The summed E-state index contributed by atoms with van der Waals surface area (Å²) < 4.78 is 0. The van der Waals surface area contributed by atoms with E-state index in [0.29, 0.717) is 0 Å². The Bertz CT molecular complexity index is 238. The molecule has 0 aliphatic carbocycles. The third kappa shape index (κ3) is 2.30. The van der Waals surface area contributed by atoms with Gasteiger partial charge in [-0.05, 0) is 19.9 Å². The quantitative estimate of drug-likeness (QED) is 0.612. The van der Waals surface area contributed by atoms with Crippen molar-refractivity contribution in [3.05, 3.63) is 0 Å². The highest BCUT2D eigenvalue weighted by Gasteiger charge is 2.30. The fraction of sp³-hybridized carbons (Fsp3) is 0.900. The number of rotatable bonds is 1. The van der Waals surface area contributed by atoms with E-state index >= 15 is 0 Å².